The molecule has 2 heterocycles. The van der Waals surface area contributed by atoms with Crippen LogP contribution in [0, 0.1) is 5.92 Å². The third kappa shape index (κ3) is 3.84. The zero-order valence-corrected chi connectivity index (χ0v) is 13.7. The summed E-state index contributed by atoms with van der Waals surface area (Å²) in [7, 11) is 0. The molecule has 0 saturated carbocycles. The van der Waals surface area contributed by atoms with Gasteiger partial charge in [0.1, 0.15) is 0 Å². The van der Waals surface area contributed by atoms with Crippen LogP contribution in [0.15, 0.2) is 17.2 Å². The zero-order chi connectivity index (χ0) is 15.4. The van der Waals surface area contributed by atoms with Crippen molar-refractivity contribution in [3.63, 3.8) is 0 Å². The summed E-state index contributed by atoms with van der Waals surface area (Å²) < 4.78 is 1.76. The van der Waals surface area contributed by atoms with E-state index in [0.29, 0.717) is 11.7 Å². The number of nitrogens with one attached hydrogen (secondary N) is 1. The molecule has 0 bridgehead atoms. The van der Waals surface area contributed by atoms with Crippen LogP contribution in [0.1, 0.15) is 46.6 Å². The van der Waals surface area contributed by atoms with Gasteiger partial charge in [-0.3, -0.25) is 4.79 Å². The lowest BCUT2D eigenvalue weighted by atomic mass is 9.98. The van der Waals surface area contributed by atoms with Crippen molar-refractivity contribution in [1.82, 2.24) is 14.9 Å². The molecule has 1 aliphatic rings. The minimum absolute atomic E-state index is 0.0185. The number of hydrogen-bond acceptors (Lipinski definition) is 4. The van der Waals surface area contributed by atoms with Gasteiger partial charge >= 0.3 is 0 Å². The summed E-state index contributed by atoms with van der Waals surface area (Å²) in [6.07, 6.45) is 5.96. The first kappa shape index (κ1) is 16.0. The van der Waals surface area contributed by atoms with E-state index in [9.17, 15) is 4.79 Å². The van der Waals surface area contributed by atoms with Gasteiger partial charge in [0.15, 0.2) is 5.82 Å². The summed E-state index contributed by atoms with van der Waals surface area (Å²) in [4.78, 5) is 19.2. The average molecular weight is 292 g/mol. The molecular weight excluding hydrogens is 264 g/mol. The highest BCUT2D eigenvalue weighted by Crippen LogP contribution is 2.17. The zero-order valence-electron chi connectivity index (χ0n) is 13.7. The normalized spacial score (nSPS) is 19.2. The van der Waals surface area contributed by atoms with Gasteiger partial charge < -0.3 is 14.8 Å². The predicted molar refractivity (Wildman–Crippen MR) is 87.0 cm³/mol. The van der Waals surface area contributed by atoms with Crippen LogP contribution in [0.3, 0.4) is 0 Å². The topological polar surface area (TPSA) is 50.2 Å². The summed E-state index contributed by atoms with van der Waals surface area (Å²) >= 11 is 0. The first-order valence-electron chi connectivity index (χ1n) is 8.05. The minimum atomic E-state index is 0.0185. The lowest BCUT2D eigenvalue weighted by Gasteiger charge is -2.33. The highest BCUT2D eigenvalue weighted by molar-refractivity contribution is 5.37. The maximum atomic E-state index is 12.6. The quantitative estimate of drug-likeness (QED) is 0.902. The third-order valence-corrected chi connectivity index (χ3v) is 4.16. The molecule has 21 heavy (non-hydrogen) atoms. The second kappa shape index (κ2) is 7.07. The number of anilines is 1. The number of aromatic nitrogens is 2. The molecule has 0 aromatic carbocycles. The lowest BCUT2D eigenvalue weighted by molar-refractivity contribution is 0.369. The van der Waals surface area contributed by atoms with Crippen LogP contribution in [-0.2, 0) is 0 Å². The van der Waals surface area contributed by atoms with Gasteiger partial charge in [0.25, 0.3) is 5.56 Å². The van der Waals surface area contributed by atoms with Crippen molar-refractivity contribution in [1.29, 1.82) is 0 Å². The first-order valence-corrected chi connectivity index (χ1v) is 8.05. The van der Waals surface area contributed by atoms with Gasteiger partial charge in [-0.05, 0) is 59.5 Å². The Morgan fingerprint density at radius 2 is 2.19 bits per heavy atom. The van der Waals surface area contributed by atoms with Crippen molar-refractivity contribution in [3.05, 3.63) is 22.7 Å². The molecule has 0 spiro atoms. The molecule has 2 rings (SSSR count). The molecule has 0 radical (unpaired) electrons. The van der Waals surface area contributed by atoms with Crippen molar-refractivity contribution in [2.24, 2.45) is 5.92 Å². The fourth-order valence-corrected chi connectivity index (χ4v) is 2.92. The Balaban J connectivity index is 2.25. The van der Waals surface area contributed by atoms with Crippen LogP contribution in [0.4, 0.5) is 5.82 Å². The Hall–Kier alpha value is -1.36. The summed E-state index contributed by atoms with van der Waals surface area (Å²) in [6.45, 7) is 11.4. The predicted octanol–water partition coefficient (Wildman–Crippen LogP) is 2.04. The Bertz CT molecular complexity index is 503. The molecule has 1 aromatic heterocycles. The molecule has 5 heteroatoms. The summed E-state index contributed by atoms with van der Waals surface area (Å²) in [5, 5.41) is 3.44. The third-order valence-electron chi connectivity index (χ3n) is 4.16. The van der Waals surface area contributed by atoms with E-state index in [1.54, 1.807) is 17.0 Å². The van der Waals surface area contributed by atoms with E-state index in [4.69, 9.17) is 0 Å². The molecule has 118 valence electrons. The highest BCUT2D eigenvalue weighted by atomic mass is 16.1. The summed E-state index contributed by atoms with van der Waals surface area (Å²) in [5.41, 5.74) is 0.0185. The Labute approximate surface area is 127 Å². The van der Waals surface area contributed by atoms with Gasteiger partial charge in [0, 0.05) is 31.0 Å². The van der Waals surface area contributed by atoms with Crippen molar-refractivity contribution in [2.75, 3.05) is 24.5 Å². The fourth-order valence-electron chi connectivity index (χ4n) is 2.92. The molecular formula is C16H28N4O. The van der Waals surface area contributed by atoms with E-state index in [-0.39, 0.29) is 17.6 Å². The Morgan fingerprint density at radius 3 is 2.76 bits per heavy atom. The maximum absolute atomic E-state index is 12.6. The van der Waals surface area contributed by atoms with Gasteiger partial charge in [-0.25, -0.2) is 4.98 Å². The van der Waals surface area contributed by atoms with Crippen molar-refractivity contribution in [2.45, 2.75) is 52.6 Å². The second-order valence-corrected chi connectivity index (χ2v) is 6.52. The molecule has 5 nitrogen and oxygen atoms in total. The van der Waals surface area contributed by atoms with E-state index in [0.717, 1.165) is 19.6 Å². The standard InChI is InChI=1S/C16H28N4O/c1-12(2)19-9-8-18-15(16(19)21)20(13(3)4)11-14-6-5-7-17-10-14/h8-9,12-14,17H,5-7,10-11H2,1-4H3. The van der Waals surface area contributed by atoms with E-state index >= 15 is 0 Å². The van der Waals surface area contributed by atoms with Crippen LogP contribution in [0.2, 0.25) is 0 Å². The molecule has 1 saturated heterocycles. The average Bonchev–Trinajstić information content (AvgIpc) is 2.46. The molecule has 0 amide bonds. The van der Waals surface area contributed by atoms with Crippen LogP contribution >= 0.6 is 0 Å². The minimum Gasteiger partial charge on any atom is -0.349 e. The largest absolute Gasteiger partial charge is 0.349 e. The molecule has 1 aliphatic heterocycles. The number of hydrogen-bond donors (Lipinski definition) is 1. The monoisotopic (exact) mass is 292 g/mol. The number of rotatable bonds is 5. The molecule has 1 N–H and O–H groups in total. The van der Waals surface area contributed by atoms with Crippen molar-refractivity contribution < 1.29 is 0 Å². The van der Waals surface area contributed by atoms with Gasteiger partial charge in [-0.1, -0.05) is 0 Å². The van der Waals surface area contributed by atoms with Gasteiger partial charge in [0.2, 0.25) is 0 Å². The lowest BCUT2D eigenvalue weighted by Crippen LogP contribution is -2.44. The van der Waals surface area contributed by atoms with Crippen LogP contribution in [0.25, 0.3) is 0 Å². The van der Waals surface area contributed by atoms with Crippen molar-refractivity contribution >= 4 is 5.82 Å². The van der Waals surface area contributed by atoms with Gasteiger partial charge in [-0.15, -0.1) is 0 Å². The highest BCUT2D eigenvalue weighted by Gasteiger charge is 2.22. The molecule has 1 fully saturated rings. The second-order valence-electron chi connectivity index (χ2n) is 6.52. The number of nitrogens with zero attached hydrogens (tertiary/aromatic N) is 3. The fraction of sp³-hybridized carbons (Fsp3) is 0.750. The smallest absolute Gasteiger partial charge is 0.293 e. The first-order chi connectivity index (χ1) is 10.0. The SMILES string of the molecule is CC(C)N(CC1CCCNC1)c1nccn(C(C)C)c1=O. The van der Waals surface area contributed by atoms with E-state index in [2.05, 4.69) is 29.0 Å². The van der Waals surface area contributed by atoms with Gasteiger partial charge in [-0.2, -0.15) is 0 Å². The van der Waals surface area contributed by atoms with E-state index < -0.39 is 0 Å². The van der Waals surface area contributed by atoms with E-state index in [1.165, 1.54) is 12.8 Å². The number of piperidine rings is 1. The van der Waals surface area contributed by atoms with Crippen LogP contribution < -0.4 is 15.8 Å². The van der Waals surface area contributed by atoms with Crippen molar-refractivity contribution in [3.8, 4) is 0 Å². The van der Waals surface area contributed by atoms with Crippen LogP contribution in [-0.4, -0.2) is 35.2 Å². The summed E-state index contributed by atoms with van der Waals surface area (Å²) in [5.74, 6) is 1.18. The Morgan fingerprint density at radius 1 is 1.43 bits per heavy atom. The van der Waals surface area contributed by atoms with E-state index in [1.807, 2.05) is 13.8 Å². The summed E-state index contributed by atoms with van der Waals surface area (Å²) in [6, 6.07) is 0.430. The van der Waals surface area contributed by atoms with Gasteiger partial charge in [0.05, 0.1) is 0 Å². The Kier molecular flexibility index (Phi) is 5.39. The molecule has 1 unspecified atom stereocenters. The van der Waals surface area contributed by atoms with Crippen LogP contribution in [0.5, 0.6) is 0 Å². The molecule has 1 atom stereocenters. The molecule has 1 aromatic rings. The maximum Gasteiger partial charge on any atom is 0.293 e. The molecule has 0 aliphatic carbocycles.